The molecule has 1 heterocycles. The monoisotopic (exact) mass is 261 g/mol. The quantitative estimate of drug-likeness (QED) is 0.788. The number of carbonyl (C=O) groups excluding carboxylic acids is 1. The molecule has 0 N–H and O–H groups in total. The number of ketones is 1. The molecule has 19 heavy (non-hydrogen) atoms. The Bertz CT molecular complexity index is 480. The third-order valence-electron chi connectivity index (χ3n) is 4.16. The van der Waals surface area contributed by atoms with Crippen molar-refractivity contribution in [1.82, 2.24) is 4.57 Å². The molecule has 2 nitrogen and oxygen atoms in total. The van der Waals surface area contributed by atoms with Gasteiger partial charge in [-0.15, -0.1) is 0 Å². The molecule has 0 saturated heterocycles. The Labute approximate surface area is 117 Å². The molecule has 0 radical (unpaired) electrons. The van der Waals surface area contributed by atoms with Crippen LogP contribution in [0.15, 0.2) is 6.07 Å². The summed E-state index contributed by atoms with van der Waals surface area (Å²) in [4.78, 5) is 12.2. The van der Waals surface area contributed by atoms with Crippen molar-refractivity contribution >= 4 is 5.78 Å². The molecule has 2 heteroatoms. The number of aromatic nitrogens is 1. The van der Waals surface area contributed by atoms with Crippen LogP contribution in [0.3, 0.4) is 0 Å². The number of hydrogen-bond donors (Lipinski definition) is 0. The average molecular weight is 261 g/mol. The summed E-state index contributed by atoms with van der Waals surface area (Å²) in [5, 5.41) is 0. The minimum Gasteiger partial charge on any atom is -0.348 e. The van der Waals surface area contributed by atoms with Gasteiger partial charge in [0.15, 0.2) is 5.78 Å². The van der Waals surface area contributed by atoms with Crippen LogP contribution in [-0.2, 0) is 13.0 Å². The van der Waals surface area contributed by atoms with E-state index in [1.165, 1.54) is 24.2 Å². The van der Waals surface area contributed by atoms with Gasteiger partial charge in [0.2, 0.25) is 0 Å². The second kappa shape index (κ2) is 5.15. The summed E-state index contributed by atoms with van der Waals surface area (Å²) in [5.74, 6) is 1.08. The van der Waals surface area contributed by atoms with Crippen LogP contribution >= 0.6 is 0 Å². The van der Waals surface area contributed by atoms with Crippen molar-refractivity contribution in [2.24, 2.45) is 11.3 Å². The number of Topliss-reactive ketones (excluding diaryl/α,β-unsaturated/α-hetero) is 1. The Balaban J connectivity index is 2.23. The van der Waals surface area contributed by atoms with E-state index in [0.29, 0.717) is 12.2 Å². The van der Waals surface area contributed by atoms with E-state index < -0.39 is 0 Å². The maximum absolute atomic E-state index is 12.2. The maximum atomic E-state index is 12.2. The highest BCUT2D eigenvalue weighted by Crippen LogP contribution is 2.36. The van der Waals surface area contributed by atoms with Crippen LogP contribution in [0.2, 0.25) is 0 Å². The summed E-state index contributed by atoms with van der Waals surface area (Å²) < 4.78 is 2.39. The largest absolute Gasteiger partial charge is 0.348 e. The van der Waals surface area contributed by atoms with Crippen LogP contribution in [0.4, 0.5) is 0 Å². The fraction of sp³-hybridized carbons (Fsp3) is 0.706. The average Bonchev–Trinajstić information content (AvgIpc) is 2.55. The Morgan fingerprint density at radius 3 is 2.63 bits per heavy atom. The lowest BCUT2D eigenvalue weighted by atomic mass is 9.76. The van der Waals surface area contributed by atoms with Crippen LogP contribution in [0.1, 0.15) is 68.7 Å². The van der Waals surface area contributed by atoms with E-state index in [1.54, 1.807) is 0 Å². The number of hydrogen-bond acceptors (Lipinski definition) is 1. The van der Waals surface area contributed by atoms with E-state index >= 15 is 0 Å². The Kier molecular flexibility index (Phi) is 3.89. The molecule has 0 amide bonds. The van der Waals surface area contributed by atoms with E-state index in [0.717, 1.165) is 24.4 Å². The minimum absolute atomic E-state index is 0.116. The van der Waals surface area contributed by atoms with E-state index in [-0.39, 0.29) is 5.41 Å². The maximum Gasteiger partial charge on any atom is 0.165 e. The molecule has 0 unspecified atom stereocenters. The molecule has 0 aromatic carbocycles. The predicted molar refractivity (Wildman–Crippen MR) is 79.7 cm³/mol. The normalized spacial score (nSPS) is 17.9. The number of fused-ring (bicyclic) bond motifs is 1. The zero-order valence-electron chi connectivity index (χ0n) is 13.0. The molecule has 1 aliphatic rings. The van der Waals surface area contributed by atoms with Crippen LogP contribution in [0.5, 0.6) is 0 Å². The van der Waals surface area contributed by atoms with Crippen molar-refractivity contribution in [3.8, 4) is 0 Å². The zero-order valence-corrected chi connectivity index (χ0v) is 13.0. The molecule has 0 saturated carbocycles. The van der Waals surface area contributed by atoms with Crippen LogP contribution in [0.25, 0.3) is 0 Å². The highest BCUT2D eigenvalue weighted by atomic mass is 16.1. The molecular weight excluding hydrogens is 234 g/mol. The Morgan fingerprint density at radius 2 is 2.00 bits per heavy atom. The van der Waals surface area contributed by atoms with E-state index in [4.69, 9.17) is 0 Å². The standard InChI is InChI=1S/C17H27NO/c1-12(2)7-6-8-18-13(3)9-14-15(18)10-17(4,5)11-16(14)19/h9,12H,6-8,10-11H2,1-5H3. The van der Waals surface area contributed by atoms with Gasteiger partial charge in [-0.25, -0.2) is 0 Å². The first-order chi connectivity index (χ1) is 8.80. The molecule has 1 aromatic heterocycles. The molecule has 0 aliphatic heterocycles. The van der Waals surface area contributed by atoms with Crippen molar-refractivity contribution < 1.29 is 4.79 Å². The van der Waals surface area contributed by atoms with Crippen LogP contribution < -0.4 is 0 Å². The van der Waals surface area contributed by atoms with E-state index in [2.05, 4.69) is 45.3 Å². The third-order valence-corrected chi connectivity index (χ3v) is 4.16. The summed E-state index contributed by atoms with van der Waals surface area (Å²) >= 11 is 0. The molecular formula is C17H27NO. The predicted octanol–water partition coefficient (Wildman–Crippen LogP) is 4.39. The molecule has 0 fully saturated rings. The highest BCUT2D eigenvalue weighted by Gasteiger charge is 2.33. The van der Waals surface area contributed by atoms with Gasteiger partial charge >= 0.3 is 0 Å². The van der Waals surface area contributed by atoms with Crippen molar-refractivity contribution in [3.63, 3.8) is 0 Å². The van der Waals surface area contributed by atoms with Crippen molar-refractivity contribution in [1.29, 1.82) is 0 Å². The second-order valence-corrected chi connectivity index (χ2v) is 7.27. The first-order valence-corrected chi connectivity index (χ1v) is 7.52. The molecule has 1 aliphatic carbocycles. The minimum atomic E-state index is 0.116. The fourth-order valence-corrected chi connectivity index (χ4v) is 3.18. The van der Waals surface area contributed by atoms with Gasteiger partial charge in [-0.1, -0.05) is 27.7 Å². The van der Waals surface area contributed by atoms with Crippen molar-refractivity contribution in [3.05, 3.63) is 23.0 Å². The van der Waals surface area contributed by atoms with Crippen molar-refractivity contribution in [2.45, 2.75) is 66.8 Å². The SMILES string of the molecule is Cc1cc2c(n1CCCC(C)C)CC(C)(C)CC2=O. The Hall–Kier alpha value is -1.05. The van der Waals surface area contributed by atoms with Gasteiger partial charge < -0.3 is 4.57 Å². The van der Waals surface area contributed by atoms with Gasteiger partial charge in [0.05, 0.1) is 0 Å². The molecule has 2 rings (SSSR count). The summed E-state index contributed by atoms with van der Waals surface area (Å²) in [6.45, 7) is 12.1. The molecule has 1 aromatic rings. The smallest absolute Gasteiger partial charge is 0.165 e. The first kappa shape index (κ1) is 14.4. The topological polar surface area (TPSA) is 22.0 Å². The van der Waals surface area contributed by atoms with Gasteiger partial charge in [0.25, 0.3) is 0 Å². The van der Waals surface area contributed by atoms with Crippen molar-refractivity contribution in [2.75, 3.05) is 0 Å². The molecule has 0 atom stereocenters. The Morgan fingerprint density at radius 1 is 1.32 bits per heavy atom. The first-order valence-electron chi connectivity index (χ1n) is 7.52. The summed E-state index contributed by atoms with van der Waals surface area (Å²) in [6.07, 6.45) is 4.18. The van der Waals surface area contributed by atoms with Gasteiger partial charge in [-0.05, 0) is 43.6 Å². The number of nitrogens with zero attached hydrogens (tertiary/aromatic N) is 1. The van der Waals surface area contributed by atoms with Gasteiger partial charge in [0.1, 0.15) is 0 Å². The highest BCUT2D eigenvalue weighted by molar-refractivity contribution is 5.99. The number of aryl methyl sites for hydroxylation is 1. The van der Waals surface area contributed by atoms with E-state index in [1.807, 2.05) is 0 Å². The van der Waals surface area contributed by atoms with Gasteiger partial charge in [0, 0.05) is 29.9 Å². The third kappa shape index (κ3) is 3.10. The molecule has 0 bridgehead atoms. The lowest BCUT2D eigenvalue weighted by Crippen LogP contribution is -2.28. The lowest BCUT2D eigenvalue weighted by molar-refractivity contribution is 0.0910. The van der Waals surface area contributed by atoms with Crippen LogP contribution in [0, 0.1) is 18.3 Å². The number of carbonyl (C=O) groups is 1. The summed E-state index contributed by atoms with van der Waals surface area (Å²) in [5.41, 5.74) is 3.63. The molecule has 106 valence electrons. The van der Waals surface area contributed by atoms with Crippen LogP contribution in [-0.4, -0.2) is 10.4 Å². The van der Waals surface area contributed by atoms with E-state index in [9.17, 15) is 4.79 Å². The summed E-state index contributed by atoms with van der Waals surface area (Å²) in [6, 6.07) is 2.10. The second-order valence-electron chi connectivity index (χ2n) is 7.27. The fourth-order valence-electron chi connectivity index (χ4n) is 3.18. The summed E-state index contributed by atoms with van der Waals surface area (Å²) in [7, 11) is 0. The van der Waals surface area contributed by atoms with Gasteiger partial charge in [-0.2, -0.15) is 0 Å². The number of rotatable bonds is 4. The zero-order chi connectivity index (χ0) is 14.2. The molecule has 0 spiro atoms. The van der Waals surface area contributed by atoms with Gasteiger partial charge in [-0.3, -0.25) is 4.79 Å². The lowest BCUT2D eigenvalue weighted by Gasteiger charge is -2.30.